The molecule has 0 aliphatic heterocycles. The van der Waals surface area contributed by atoms with Gasteiger partial charge in [0, 0.05) is 12.4 Å². The quantitative estimate of drug-likeness (QED) is 0.518. The maximum absolute atomic E-state index is 11.5. The Kier molecular flexibility index (Phi) is 7.92. The van der Waals surface area contributed by atoms with Gasteiger partial charge >= 0.3 is 5.97 Å². The molecule has 1 heterocycles. The number of hydrogen-bond donors (Lipinski definition) is 1. The molecule has 0 saturated carbocycles. The number of aliphatic carboxylic acids is 1. The summed E-state index contributed by atoms with van der Waals surface area (Å²) in [4.78, 5) is 15.5. The maximum Gasteiger partial charge on any atom is 0.344 e. The molecule has 2 rings (SSSR count). The molecule has 0 saturated heterocycles. The van der Waals surface area contributed by atoms with E-state index < -0.39 is 12.1 Å². The highest BCUT2D eigenvalue weighted by atomic mass is 16.5. The van der Waals surface area contributed by atoms with Gasteiger partial charge < -0.3 is 9.84 Å². The molecule has 0 fully saturated rings. The van der Waals surface area contributed by atoms with Crippen molar-refractivity contribution in [2.75, 3.05) is 0 Å². The first-order chi connectivity index (χ1) is 13.0. The van der Waals surface area contributed by atoms with Gasteiger partial charge in [-0.15, -0.1) is 0 Å². The monoisotopic (exact) mass is 369 g/mol. The highest BCUT2D eigenvalue weighted by Gasteiger charge is 2.21. The van der Waals surface area contributed by atoms with Gasteiger partial charge in [0.2, 0.25) is 0 Å². The summed E-state index contributed by atoms with van der Waals surface area (Å²) in [5, 5.41) is 17.9. The standard InChI is InChI=1S/C21H27N3O3/c1-4-6-7-20(21(25)26)27-19-9-8-17(14-18(19)15(3)5-2)24-23-16-10-12-22-13-11-16/h8-15,20H,4-7H2,1-3H3,(H,25,26). The van der Waals surface area contributed by atoms with E-state index >= 15 is 0 Å². The molecule has 6 nitrogen and oxygen atoms in total. The Hall–Kier alpha value is -2.76. The molecule has 2 aromatic rings. The zero-order valence-corrected chi connectivity index (χ0v) is 16.1. The fourth-order valence-corrected chi connectivity index (χ4v) is 2.61. The van der Waals surface area contributed by atoms with E-state index in [0.717, 1.165) is 30.5 Å². The van der Waals surface area contributed by atoms with Crippen molar-refractivity contribution >= 4 is 17.3 Å². The molecule has 27 heavy (non-hydrogen) atoms. The van der Waals surface area contributed by atoms with Crippen LogP contribution in [0.4, 0.5) is 11.4 Å². The number of hydrogen-bond acceptors (Lipinski definition) is 5. The van der Waals surface area contributed by atoms with E-state index in [1.807, 2.05) is 13.0 Å². The highest BCUT2D eigenvalue weighted by molar-refractivity contribution is 5.72. The van der Waals surface area contributed by atoms with Gasteiger partial charge in [-0.1, -0.05) is 27.2 Å². The first kappa shape index (κ1) is 20.6. The van der Waals surface area contributed by atoms with Crippen molar-refractivity contribution in [1.29, 1.82) is 0 Å². The molecule has 2 atom stereocenters. The summed E-state index contributed by atoms with van der Waals surface area (Å²) < 4.78 is 5.87. The highest BCUT2D eigenvalue weighted by Crippen LogP contribution is 2.34. The van der Waals surface area contributed by atoms with Crippen molar-refractivity contribution in [2.45, 2.75) is 58.5 Å². The van der Waals surface area contributed by atoms with Crippen molar-refractivity contribution in [3.05, 3.63) is 48.3 Å². The normalized spacial score (nSPS) is 13.4. The zero-order valence-electron chi connectivity index (χ0n) is 16.1. The molecular weight excluding hydrogens is 342 g/mol. The van der Waals surface area contributed by atoms with Gasteiger partial charge in [-0.3, -0.25) is 4.98 Å². The van der Waals surface area contributed by atoms with Crippen LogP contribution in [0.25, 0.3) is 0 Å². The second kappa shape index (κ2) is 10.4. The van der Waals surface area contributed by atoms with Crippen molar-refractivity contribution in [2.24, 2.45) is 10.2 Å². The van der Waals surface area contributed by atoms with Crippen molar-refractivity contribution in [3.63, 3.8) is 0 Å². The summed E-state index contributed by atoms with van der Waals surface area (Å²) in [5.41, 5.74) is 2.38. The number of carbonyl (C=O) groups is 1. The summed E-state index contributed by atoms with van der Waals surface area (Å²) in [5.74, 6) is -0.104. The van der Waals surface area contributed by atoms with E-state index in [2.05, 4.69) is 29.1 Å². The Morgan fingerprint density at radius 2 is 1.85 bits per heavy atom. The summed E-state index contributed by atoms with van der Waals surface area (Å²) in [6.45, 7) is 6.21. The Balaban J connectivity index is 2.26. The lowest BCUT2D eigenvalue weighted by Gasteiger charge is -2.20. The minimum Gasteiger partial charge on any atom is -0.479 e. The van der Waals surface area contributed by atoms with Crippen LogP contribution in [0.15, 0.2) is 53.0 Å². The third kappa shape index (κ3) is 6.16. The summed E-state index contributed by atoms with van der Waals surface area (Å²) >= 11 is 0. The molecular formula is C21H27N3O3. The molecule has 0 spiro atoms. The van der Waals surface area contributed by atoms with Crippen LogP contribution in [0.2, 0.25) is 0 Å². The topological polar surface area (TPSA) is 84.1 Å². The zero-order chi connectivity index (χ0) is 19.6. The lowest BCUT2D eigenvalue weighted by atomic mass is 9.97. The number of aromatic nitrogens is 1. The smallest absolute Gasteiger partial charge is 0.344 e. The van der Waals surface area contributed by atoms with Crippen LogP contribution in [0.3, 0.4) is 0 Å². The molecule has 144 valence electrons. The minimum absolute atomic E-state index is 0.219. The lowest BCUT2D eigenvalue weighted by molar-refractivity contribution is -0.145. The molecule has 6 heteroatoms. The van der Waals surface area contributed by atoms with E-state index in [9.17, 15) is 9.90 Å². The van der Waals surface area contributed by atoms with E-state index in [0.29, 0.717) is 17.9 Å². The van der Waals surface area contributed by atoms with Crippen molar-refractivity contribution in [1.82, 2.24) is 4.98 Å². The number of unbranched alkanes of at least 4 members (excludes halogenated alkanes) is 1. The van der Waals surface area contributed by atoms with Gasteiger partial charge in [0.25, 0.3) is 0 Å². The van der Waals surface area contributed by atoms with Gasteiger partial charge in [-0.25, -0.2) is 4.79 Å². The fraction of sp³-hybridized carbons (Fsp3) is 0.429. The maximum atomic E-state index is 11.5. The summed E-state index contributed by atoms with van der Waals surface area (Å²) in [6.07, 6.45) is 5.64. The fourth-order valence-electron chi connectivity index (χ4n) is 2.61. The predicted molar refractivity (Wildman–Crippen MR) is 105 cm³/mol. The average Bonchev–Trinajstić information content (AvgIpc) is 2.70. The van der Waals surface area contributed by atoms with E-state index in [-0.39, 0.29) is 5.92 Å². The third-order valence-corrected chi connectivity index (χ3v) is 4.44. The van der Waals surface area contributed by atoms with E-state index in [1.54, 1.807) is 36.7 Å². The second-order valence-electron chi connectivity index (χ2n) is 6.52. The average molecular weight is 369 g/mol. The second-order valence-corrected chi connectivity index (χ2v) is 6.52. The Morgan fingerprint density at radius 1 is 1.15 bits per heavy atom. The summed E-state index contributed by atoms with van der Waals surface area (Å²) in [7, 11) is 0. The molecule has 0 radical (unpaired) electrons. The molecule has 0 aliphatic carbocycles. The van der Waals surface area contributed by atoms with Crippen LogP contribution in [0, 0.1) is 0 Å². The number of carboxylic acid groups (broad SMARTS) is 1. The molecule has 1 aromatic heterocycles. The van der Waals surface area contributed by atoms with E-state index in [4.69, 9.17) is 4.74 Å². The number of carboxylic acids is 1. The molecule has 0 amide bonds. The largest absolute Gasteiger partial charge is 0.479 e. The van der Waals surface area contributed by atoms with Crippen LogP contribution in [0.1, 0.15) is 57.9 Å². The van der Waals surface area contributed by atoms with Crippen LogP contribution < -0.4 is 4.74 Å². The molecule has 0 aliphatic rings. The van der Waals surface area contributed by atoms with Crippen molar-refractivity contribution < 1.29 is 14.6 Å². The third-order valence-electron chi connectivity index (χ3n) is 4.44. The van der Waals surface area contributed by atoms with Gasteiger partial charge in [0.15, 0.2) is 6.10 Å². The van der Waals surface area contributed by atoms with Crippen LogP contribution in [0.5, 0.6) is 5.75 Å². The first-order valence-corrected chi connectivity index (χ1v) is 9.40. The number of ether oxygens (including phenoxy) is 1. The Labute approximate surface area is 160 Å². The Bertz CT molecular complexity index is 763. The lowest BCUT2D eigenvalue weighted by Crippen LogP contribution is -2.27. The number of azo groups is 1. The number of pyridine rings is 1. The number of nitrogens with zero attached hydrogens (tertiary/aromatic N) is 3. The van der Waals surface area contributed by atoms with E-state index in [1.165, 1.54) is 0 Å². The van der Waals surface area contributed by atoms with Crippen molar-refractivity contribution in [3.8, 4) is 5.75 Å². The molecule has 1 N–H and O–H groups in total. The molecule has 1 aromatic carbocycles. The summed E-state index contributed by atoms with van der Waals surface area (Å²) in [6, 6.07) is 9.07. The SMILES string of the molecule is CCCCC(Oc1ccc(N=Nc2ccncc2)cc1C(C)CC)C(=O)O. The van der Waals surface area contributed by atoms with Crippen LogP contribution in [-0.4, -0.2) is 22.2 Å². The molecule has 0 bridgehead atoms. The van der Waals surface area contributed by atoms with Gasteiger partial charge in [0.1, 0.15) is 5.75 Å². The van der Waals surface area contributed by atoms with Gasteiger partial charge in [-0.2, -0.15) is 10.2 Å². The predicted octanol–water partition coefficient (Wildman–Crippen LogP) is 6.03. The van der Waals surface area contributed by atoms with Gasteiger partial charge in [0.05, 0.1) is 11.4 Å². The number of benzene rings is 1. The minimum atomic E-state index is -0.931. The Morgan fingerprint density at radius 3 is 2.48 bits per heavy atom. The van der Waals surface area contributed by atoms with Gasteiger partial charge in [-0.05, 0) is 61.1 Å². The van der Waals surface area contributed by atoms with Crippen LogP contribution >= 0.6 is 0 Å². The van der Waals surface area contributed by atoms with Crippen LogP contribution in [-0.2, 0) is 4.79 Å². The molecule has 2 unspecified atom stereocenters. The number of rotatable bonds is 10. The first-order valence-electron chi connectivity index (χ1n) is 9.40.